The number of hydrogen-bond donors (Lipinski definition) is 2. The Morgan fingerprint density at radius 2 is 2.00 bits per heavy atom. The van der Waals surface area contributed by atoms with E-state index >= 15 is 0 Å². The number of pyridine rings is 1. The number of nitrogens with zero attached hydrogens (tertiary/aromatic N) is 1. The number of hydrogen-bond acceptors (Lipinski definition) is 3. The van der Waals surface area contributed by atoms with Gasteiger partial charge in [0.1, 0.15) is 0 Å². The molecule has 0 fully saturated rings. The molecule has 1 heterocycles. The highest BCUT2D eigenvalue weighted by Crippen LogP contribution is 2.33. The number of aromatic nitrogens is 1. The van der Waals surface area contributed by atoms with E-state index in [9.17, 15) is 0 Å². The summed E-state index contributed by atoms with van der Waals surface area (Å²) in [6.07, 6.45) is 1.43. The lowest BCUT2D eigenvalue weighted by Crippen LogP contribution is -1.81. The third kappa shape index (κ3) is 1.07. The van der Waals surface area contributed by atoms with E-state index in [0.29, 0.717) is 10.2 Å². The molecule has 2 N–H and O–H groups in total. The van der Waals surface area contributed by atoms with Gasteiger partial charge in [0, 0.05) is 6.20 Å². The summed E-state index contributed by atoms with van der Waals surface area (Å²) in [6.45, 7) is 1.61. The van der Waals surface area contributed by atoms with Gasteiger partial charge in [-0.15, -0.1) is 0 Å². The molecule has 0 bridgehead atoms. The molecule has 3 nitrogen and oxygen atoms in total. The first-order valence-corrected chi connectivity index (χ1v) is 3.45. The van der Waals surface area contributed by atoms with Crippen molar-refractivity contribution >= 4 is 15.9 Å². The van der Waals surface area contributed by atoms with Crippen molar-refractivity contribution in [1.29, 1.82) is 0 Å². The molecule has 0 aromatic carbocycles. The molecule has 0 saturated heterocycles. The molecule has 0 spiro atoms. The Morgan fingerprint density at radius 3 is 2.50 bits per heavy atom. The Morgan fingerprint density at radius 1 is 1.40 bits per heavy atom. The van der Waals surface area contributed by atoms with Crippen LogP contribution in [0.15, 0.2) is 10.7 Å². The average molecular weight is 204 g/mol. The number of rotatable bonds is 0. The maximum Gasteiger partial charge on any atom is 0.180 e. The van der Waals surface area contributed by atoms with Crippen LogP contribution in [-0.2, 0) is 0 Å². The van der Waals surface area contributed by atoms with Gasteiger partial charge in [-0.1, -0.05) is 0 Å². The molecule has 0 aliphatic carbocycles. The molecule has 0 amide bonds. The van der Waals surface area contributed by atoms with E-state index in [2.05, 4.69) is 20.9 Å². The van der Waals surface area contributed by atoms with E-state index < -0.39 is 0 Å². The van der Waals surface area contributed by atoms with E-state index in [1.165, 1.54) is 6.20 Å². The first-order chi connectivity index (χ1) is 4.63. The molecular weight excluding hydrogens is 198 g/mol. The number of aryl methyl sites for hydroxylation is 1. The lowest BCUT2D eigenvalue weighted by atomic mass is 10.3. The van der Waals surface area contributed by atoms with Gasteiger partial charge in [0.2, 0.25) is 0 Å². The van der Waals surface area contributed by atoms with E-state index in [4.69, 9.17) is 10.2 Å². The largest absolute Gasteiger partial charge is 0.503 e. The van der Waals surface area contributed by atoms with Crippen molar-refractivity contribution in [2.45, 2.75) is 6.92 Å². The molecule has 1 rings (SSSR count). The summed E-state index contributed by atoms with van der Waals surface area (Å²) in [5, 5.41) is 18.1. The molecule has 0 unspecified atom stereocenters. The van der Waals surface area contributed by atoms with E-state index in [1.54, 1.807) is 6.92 Å². The molecule has 10 heavy (non-hydrogen) atoms. The van der Waals surface area contributed by atoms with Gasteiger partial charge in [-0.05, 0) is 22.9 Å². The van der Waals surface area contributed by atoms with Crippen LogP contribution in [0.2, 0.25) is 0 Å². The molecule has 0 saturated carbocycles. The van der Waals surface area contributed by atoms with Crippen LogP contribution in [0, 0.1) is 6.92 Å². The normalized spacial score (nSPS) is 9.80. The van der Waals surface area contributed by atoms with Gasteiger partial charge >= 0.3 is 0 Å². The second-order valence-corrected chi connectivity index (χ2v) is 2.74. The quantitative estimate of drug-likeness (QED) is 0.674. The predicted octanol–water partition coefficient (Wildman–Crippen LogP) is 1.56. The molecule has 1 aromatic heterocycles. The SMILES string of the molecule is Cc1ncc(Br)c(O)c1O. The summed E-state index contributed by atoms with van der Waals surface area (Å²) in [5.41, 5.74) is 0.417. The fraction of sp³-hybridized carbons (Fsp3) is 0.167. The predicted molar refractivity (Wildman–Crippen MR) is 40.0 cm³/mol. The third-order valence-corrected chi connectivity index (χ3v) is 1.75. The highest BCUT2D eigenvalue weighted by atomic mass is 79.9. The third-order valence-electron chi connectivity index (χ3n) is 1.16. The van der Waals surface area contributed by atoms with Gasteiger partial charge in [0.05, 0.1) is 10.2 Å². The van der Waals surface area contributed by atoms with Gasteiger partial charge in [-0.2, -0.15) is 0 Å². The Balaban J connectivity index is 3.34. The Hall–Kier alpha value is -0.770. The summed E-state index contributed by atoms with van der Waals surface area (Å²) in [6, 6.07) is 0. The van der Waals surface area contributed by atoms with Gasteiger partial charge < -0.3 is 10.2 Å². The van der Waals surface area contributed by atoms with Crippen molar-refractivity contribution in [2.24, 2.45) is 0 Å². The fourth-order valence-electron chi connectivity index (χ4n) is 0.560. The van der Waals surface area contributed by atoms with Gasteiger partial charge in [-0.25, -0.2) is 0 Å². The lowest BCUT2D eigenvalue weighted by molar-refractivity contribution is 0.396. The minimum atomic E-state index is -0.172. The first-order valence-electron chi connectivity index (χ1n) is 2.66. The molecular formula is C6H6BrNO2. The van der Waals surface area contributed by atoms with Crippen LogP contribution in [0.3, 0.4) is 0 Å². The van der Waals surface area contributed by atoms with Gasteiger partial charge in [-0.3, -0.25) is 4.98 Å². The van der Waals surface area contributed by atoms with Crippen LogP contribution in [0.5, 0.6) is 11.5 Å². The smallest absolute Gasteiger partial charge is 0.180 e. The zero-order valence-corrected chi connectivity index (χ0v) is 6.88. The molecule has 54 valence electrons. The van der Waals surface area contributed by atoms with Crippen molar-refractivity contribution in [3.8, 4) is 11.5 Å². The lowest BCUT2D eigenvalue weighted by Gasteiger charge is -2.00. The molecule has 4 heteroatoms. The van der Waals surface area contributed by atoms with E-state index in [-0.39, 0.29) is 11.5 Å². The van der Waals surface area contributed by atoms with Crippen LogP contribution in [0.25, 0.3) is 0 Å². The Kier molecular flexibility index (Phi) is 1.80. The summed E-state index contributed by atoms with van der Waals surface area (Å²) in [5.74, 6) is -0.332. The van der Waals surface area contributed by atoms with Crippen molar-refractivity contribution in [3.05, 3.63) is 16.4 Å². The van der Waals surface area contributed by atoms with Crippen molar-refractivity contribution in [2.75, 3.05) is 0 Å². The average Bonchev–Trinajstić information content (AvgIpc) is 1.93. The van der Waals surface area contributed by atoms with E-state index in [0.717, 1.165) is 0 Å². The van der Waals surface area contributed by atoms with Crippen molar-refractivity contribution in [3.63, 3.8) is 0 Å². The summed E-state index contributed by atoms with van der Waals surface area (Å²) in [4.78, 5) is 3.78. The van der Waals surface area contributed by atoms with Crippen LogP contribution < -0.4 is 0 Å². The minimum Gasteiger partial charge on any atom is -0.503 e. The monoisotopic (exact) mass is 203 g/mol. The summed E-state index contributed by atoms with van der Waals surface area (Å²) < 4.78 is 0.399. The Labute approximate surface area is 66.5 Å². The summed E-state index contributed by atoms with van der Waals surface area (Å²) in [7, 11) is 0. The van der Waals surface area contributed by atoms with Gasteiger partial charge in [0.25, 0.3) is 0 Å². The minimum absolute atomic E-state index is 0.160. The molecule has 0 radical (unpaired) electrons. The number of aromatic hydroxyl groups is 2. The van der Waals surface area contributed by atoms with Crippen LogP contribution in [0.4, 0.5) is 0 Å². The first kappa shape index (κ1) is 7.34. The number of halogens is 1. The zero-order chi connectivity index (χ0) is 7.72. The maximum absolute atomic E-state index is 9.05. The highest BCUT2D eigenvalue weighted by molar-refractivity contribution is 9.10. The molecule has 0 atom stereocenters. The maximum atomic E-state index is 9.05. The van der Waals surface area contributed by atoms with E-state index in [1.807, 2.05) is 0 Å². The fourth-order valence-corrected chi connectivity index (χ4v) is 0.850. The van der Waals surface area contributed by atoms with Crippen molar-refractivity contribution < 1.29 is 10.2 Å². The Bertz CT molecular complexity index is 235. The second-order valence-electron chi connectivity index (χ2n) is 1.89. The van der Waals surface area contributed by atoms with Crippen LogP contribution in [0.1, 0.15) is 5.69 Å². The van der Waals surface area contributed by atoms with Crippen LogP contribution >= 0.6 is 15.9 Å². The highest BCUT2D eigenvalue weighted by Gasteiger charge is 2.06. The molecule has 1 aromatic rings. The van der Waals surface area contributed by atoms with Crippen LogP contribution in [-0.4, -0.2) is 15.2 Å². The molecule has 0 aliphatic rings. The molecule has 0 aliphatic heterocycles. The zero-order valence-electron chi connectivity index (χ0n) is 5.30. The topological polar surface area (TPSA) is 53.4 Å². The van der Waals surface area contributed by atoms with Crippen molar-refractivity contribution in [1.82, 2.24) is 4.98 Å². The standard InChI is InChI=1S/C6H6BrNO2/c1-3-5(9)6(10)4(7)2-8-3/h2,9H,1H3,(H,8,10). The second kappa shape index (κ2) is 2.46. The van der Waals surface area contributed by atoms with Gasteiger partial charge in [0.15, 0.2) is 11.5 Å². The summed E-state index contributed by atoms with van der Waals surface area (Å²) >= 11 is 3.01.